The molecule has 0 spiro atoms. The predicted octanol–water partition coefficient (Wildman–Crippen LogP) is 17.9. The molecule has 12 atom stereocenters. The topological polar surface area (TPSA) is 228 Å². The number of carbonyl (C=O) groups excluding carboxylic acids is 1. The Balaban J connectivity index is 1.60. The lowest BCUT2D eigenvalue weighted by Gasteiger charge is -2.46. The molecule has 2 heterocycles. The van der Waals surface area contributed by atoms with Crippen LogP contribution in [0.4, 0.5) is 0 Å². The highest BCUT2D eigenvalue weighted by atomic mass is 16.7. The first-order valence-electron chi connectivity index (χ1n) is 40.3. The van der Waals surface area contributed by atoms with Gasteiger partial charge in [0, 0.05) is 6.42 Å². The van der Waals surface area contributed by atoms with Crippen molar-refractivity contribution < 1.29 is 64.6 Å². The average Bonchev–Trinajstić information content (AvgIpc) is 0.836. The molecule has 1 amide bonds. The molecule has 0 aromatic heterocycles. The van der Waals surface area contributed by atoms with Gasteiger partial charge in [-0.3, -0.25) is 4.79 Å². The Kier molecular flexibility index (Phi) is 60.0. The molecule has 0 aromatic carbocycles. The predicted molar refractivity (Wildman–Crippen MR) is 379 cm³/mol. The molecule has 2 fully saturated rings. The first kappa shape index (κ1) is 87.1. The smallest absolute Gasteiger partial charge is 0.220 e. The summed E-state index contributed by atoms with van der Waals surface area (Å²) in [7, 11) is 0. The second-order valence-corrected chi connectivity index (χ2v) is 28.9. The zero-order chi connectivity index (χ0) is 66.6. The number of aliphatic hydroxyl groups excluding tert-OH is 8. The number of hydrogen-bond acceptors (Lipinski definition) is 13. The van der Waals surface area contributed by atoms with Crippen LogP contribution in [-0.4, -0.2) is 140 Å². The standard InChI is InChI=1S/C78H153NO13/c1-3-5-7-9-11-13-15-17-19-21-23-25-27-29-31-33-35-37-39-41-43-45-47-49-51-53-55-57-59-61-67(82)66(65-89-77-75(88)73(86)76(69(64-81)91-77)92-78-74(87)72(85)71(84)68(63-80)90-78)79-70(83)62-60-58-56-54-52-50-48-46-44-42-40-38-36-34-32-30-28-26-24-22-20-18-16-14-12-10-8-6-4-2/h66-69,71-78,80-82,84-88H,3-65H2,1-2H3,(H,79,83). The van der Waals surface area contributed by atoms with Crippen molar-refractivity contribution in [2.75, 3.05) is 19.8 Å². The molecule has 14 nitrogen and oxygen atoms in total. The average molecular weight is 1310 g/mol. The number of rotatable bonds is 69. The van der Waals surface area contributed by atoms with Crippen LogP contribution in [0.25, 0.3) is 0 Å². The van der Waals surface area contributed by atoms with Crippen molar-refractivity contribution in [3.05, 3.63) is 0 Å². The van der Waals surface area contributed by atoms with E-state index in [0.717, 1.165) is 51.4 Å². The SMILES string of the molecule is CCCCCCCCCCCCCCCCCCCCCCCCCCCCCCCC(=O)NC(COC1OC(CO)C(OC2OC(CO)C(O)C(O)C2O)C(O)C1O)C(O)CCCCCCCCCCCCCCCCCCCCCCCCCCCCCCC. The summed E-state index contributed by atoms with van der Waals surface area (Å²) in [6.07, 6.45) is 61.5. The quantitative estimate of drug-likeness (QED) is 0.0259. The van der Waals surface area contributed by atoms with Gasteiger partial charge in [-0.25, -0.2) is 0 Å². The van der Waals surface area contributed by atoms with E-state index in [9.17, 15) is 45.6 Å². The molecule has 0 aliphatic carbocycles. The number of amides is 1. The van der Waals surface area contributed by atoms with Gasteiger partial charge in [0.2, 0.25) is 5.91 Å². The Hall–Kier alpha value is -1.01. The van der Waals surface area contributed by atoms with Gasteiger partial charge in [0.1, 0.15) is 48.8 Å². The van der Waals surface area contributed by atoms with Crippen LogP contribution in [0.2, 0.25) is 0 Å². The number of aliphatic hydroxyl groups is 8. The van der Waals surface area contributed by atoms with Crippen molar-refractivity contribution in [1.82, 2.24) is 5.32 Å². The normalized spacial score (nSPS) is 22.5. The molecule has 0 aromatic rings. The molecule has 0 radical (unpaired) electrons. The minimum atomic E-state index is -1.78. The first-order valence-corrected chi connectivity index (χ1v) is 40.3. The lowest BCUT2D eigenvalue weighted by atomic mass is 9.97. The van der Waals surface area contributed by atoms with Gasteiger partial charge in [-0.1, -0.05) is 380 Å². The molecular weight excluding hydrogens is 1160 g/mol. The Bertz CT molecular complexity index is 1550. The summed E-state index contributed by atoms with van der Waals surface area (Å²) < 4.78 is 23.0. The summed E-state index contributed by atoms with van der Waals surface area (Å²) in [4.78, 5) is 13.4. The number of nitrogens with one attached hydrogen (secondary N) is 1. The third-order valence-corrected chi connectivity index (χ3v) is 20.3. The number of carbonyl (C=O) groups is 1. The summed E-state index contributed by atoms with van der Waals surface area (Å²) in [5.41, 5.74) is 0. The van der Waals surface area contributed by atoms with E-state index in [4.69, 9.17) is 18.9 Å². The minimum Gasteiger partial charge on any atom is -0.394 e. The van der Waals surface area contributed by atoms with E-state index >= 15 is 0 Å². The van der Waals surface area contributed by atoms with Gasteiger partial charge in [-0.2, -0.15) is 0 Å². The fraction of sp³-hybridized carbons (Fsp3) is 0.987. The Labute approximate surface area is 565 Å². The summed E-state index contributed by atoms with van der Waals surface area (Å²) in [5.74, 6) is -0.195. The summed E-state index contributed by atoms with van der Waals surface area (Å²) in [6, 6.07) is -0.825. The van der Waals surface area contributed by atoms with Crippen LogP contribution in [0.5, 0.6) is 0 Å². The van der Waals surface area contributed by atoms with Crippen molar-refractivity contribution in [2.45, 2.75) is 473 Å². The zero-order valence-corrected chi connectivity index (χ0v) is 60.1. The minimum absolute atomic E-state index is 0.195. The zero-order valence-electron chi connectivity index (χ0n) is 60.1. The second-order valence-electron chi connectivity index (χ2n) is 28.9. The van der Waals surface area contributed by atoms with Gasteiger partial charge in [0.15, 0.2) is 12.6 Å². The van der Waals surface area contributed by atoms with E-state index < -0.39 is 86.8 Å². The second kappa shape index (κ2) is 63.4. The van der Waals surface area contributed by atoms with E-state index in [1.807, 2.05) is 0 Å². The molecule has 0 bridgehead atoms. The number of unbranched alkanes of at least 4 members (excludes halogenated alkanes) is 56. The van der Waals surface area contributed by atoms with E-state index in [-0.39, 0.29) is 12.5 Å². The summed E-state index contributed by atoms with van der Waals surface area (Å²) >= 11 is 0. The Morgan fingerprint density at radius 1 is 0.348 bits per heavy atom. The third kappa shape index (κ3) is 46.3. The van der Waals surface area contributed by atoms with E-state index in [1.54, 1.807) is 0 Å². The fourth-order valence-corrected chi connectivity index (χ4v) is 14.0. The molecule has 92 heavy (non-hydrogen) atoms. The third-order valence-electron chi connectivity index (χ3n) is 20.3. The highest BCUT2D eigenvalue weighted by Crippen LogP contribution is 2.31. The number of ether oxygens (including phenoxy) is 4. The molecule has 2 rings (SSSR count). The van der Waals surface area contributed by atoms with Crippen LogP contribution in [0.3, 0.4) is 0 Å². The lowest BCUT2D eigenvalue weighted by Crippen LogP contribution is -2.65. The van der Waals surface area contributed by atoms with Gasteiger partial charge in [-0.05, 0) is 12.8 Å². The van der Waals surface area contributed by atoms with Crippen molar-refractivity contribution >= 4 is 5.91 Å². The van der Waals surface area contributed by atoms with Gasteiger partial charge >= 0.3 is 0 Å². The van der Waals surface area contributed by atoms with Gasteiger partial charge < -0.3 is 65.1 Å². The lowest BCUT2D eigenvalue weighted by molar-refractivity contribution is -0.359. The molecule has 12 unspecified atom stereocenters. The van der Waals surface area contributed by atoms with Crippen LogP contribution in [0.15, 0.2) is 0 Å². The largest absolute Gasteiger partial charge is 0.394 e. The molecule has 2 saturated heterocycles. The molecule has 9 N–H and O–H groups in total. The Morgan fingerprint density at radius 3 is 0.924 bits per heavy atom. The van der Waals surface area contributed by atoms with Crippen LogP contribution < -0.4 is 5.32 Å². The maximum Gasteiger partial charge on any atom is 0.220 e. The van der Waals surface area contributed by atoms with Crippen molar-refractivity contribution in [3.63, 3.8) is 0 Å². The molecule has 2 aliphatic heterocycles. The molecule has 0 saturated carbocycles. The van der Waals surface area contributed by atoms with Crippen LogP contribution in [0.1, 0.15) is 399 Å². The highest BCUT2D eigenvalue weighted by Gasteiger charge is 2.51. The molecule has 548 valence electrons. The molecule has 2 aliphatic rings. The maximum atomic E-state index is 13.4. The van der Waals surface area contributed by atoms with Gasteiger partial charge in [0.25, 0.3) is 0 Å². The van der Waals surface area contributed by atoms with E-state index in [2.05, 4.69) is 19.2 Å². The van der Waals surface area contributed by atoms with Crippen molar-refractivity contribution in [2.24, 2.45) is 0 Å². The van der Waals surface area contributed by atoms with Gasteiger partial charge in [-0.15, -0.1) is 0 Å². The monoisotopic (exact) mass is 1310 g/mol. The Morgan fingerprint density at radius 2 is 0.620 bits per heavy atom. The fourth-order valence-electron chi connectivity index (χ4n) is 14.0. The highest BCUT2D eigenvalue weighted by molar-refractivity contribution is 5.76. The summed E-state index contributed by atoms with van der Waals surface area (Å²) in [5, 5.41) is 87.9. The van der Waals surface area contributed by atoms with Crippen LogP contribution in [-0.2, 0) is 23.7 Å². The van der Waals surface area contributed by atoms with E-state index in [1.165, 1.54) is 321 Å². The molecule has 14 heteroatoms. The summed E-state index contributed by atoms with van der Waals surface area (Å²) in [6.45, 7) is 2.95. The van der Waals surface area contributed by atoms with Gasteiger partial charge in [0.05, 0.1) is 32.0 Å². The van der Waals surface area contributed by atoms with Crippen LogP contribution in [0, 0.1) is 0 Å². The first-order chi connectivity index (χ1) is 45.1. The van der Waals surface area contributed by atoms with Crippen molar-refractivity contribution in [1.29, 1.82) is 0 Å². The number of hydrogen-bond donors (Lipinski definition) is 9. The van der Waals surface area contributed by atoms with Crippen LogP contribution >= 0.6 is 0 Å². The van der Waals surface area contributed by atoms with Crippen molar-refractivity contribution in [3.8, 4) is 0 Å². The maximum absolute atomic E-state index is 13.4. The molecular formula is C78H153NO13. The van der Waals surface area contributed by atoms with E-state index in [0.29, 0.717) is 12.8 Å².